The first-order valence-electron chi connectivity index (χ1n) is 6.73. The van der Waals surface area contributed by atoms with Crippen LogP contribution in [-0.4, -0.2) is 11.1 Å². The van der Waals surface area contributed by atoms with Gasteiger partial charge in [-0.2, -0.15) is 0 Å². The summed E-state index contributed by atoms with van der Waals surface area (Å²) in [5.74, 6) is 0. The van der Waals surface area contributed by atoms with Gasteiger partial charge in [-0.05, 0) is 28.8 Å². The van der Waals surface area contributed by atoms with E-state index in [1.165, 1.54) is 0 Å². The Bertz CT molecular complexity index is 662. The summed E-state index contributed by atoms with van der Waals surface area (Å²) >= 11 is 11.9. The summed E-state index contributed by atoms with van der Waals surface area (Å²) in [6.07, 6.45) is 0. The molecule has 0 heterocycles. The van der Waals surface area contributed by atoms with E-state index in [0.717, 1.165) is 16.7 Å². The highest BCUT2D eigenvalue weighted by Gasteiger charge is 2.06. The van der Waals surface area contributed by atoms with E-state index in [1.807, 2.05) is 24.3 Å². The fourth-order valence-corrected chi connectivity index (χ4v) is 2.44. The van der Waals surface area contributed by atoms with Crippen molar-refractivity contribution >= 4 is 29.2 Å². The van der Waals surface area contributed by atoms with E-state index in [4.69, 9.17) is 23.2 Å². The van der Waals surface area contributed by atoms with Crippen molar-refractivity contribution in [2.45, 2.75) is 19.7 Å². The van der Waals surface area contributed by atoms with Gasteiger partial charge in [-0.15, -0.1) is 0 Å². The van der Waals surface area contributed by atoms with Crippen LogP contribution in [0.15, 0.2) is 42.5 Å². The zero-order chi connectivity index (χ0) is 15.9. The van der Waals surface area contributed by atoms with E-state index >= 15 is 0 Å². The maximum atomic E-state index is 11.8. The van der Waals surface area contributed by atoms with Crippen molar-refractivity contribution in [2.75, 3.05) is 0 Å². The van der Waals surface area contributed by atoms with Crippen LogP contribution in [0.4, 0.5) is 4.79 Å². The summed E-state index contributed by atoms with van der Waals surface area (Å²) in [5.41, 5.74) is 2.46. The predicted octanol–water partition coefficient (Wildman–Crippen LogP) is 3.49. The quantitative estimate of drug-likeness (QED) is 0.781. The van der Waals surface area contributed by atoms with Gasteiger partial charge in [0.1, 0.15) is 0 Å². The second-order valence-corrected chi connectivity index (χ2v) is 5.54. The van der Waals surface area contributed by atoms with Crippen LogP contribution in [0.2, 0.25) is 10.0 Å². The number of carbonyl (C=O) groups excluding carboxylic acids is 1. The summed E-state index contributed by atoms with van der Waals surface area (Å²) < 4.78 is 0. The number of aliphatic hydroxyl groups is 1. The number of hydrogen-bond donors (Lipinski definition) is 3. The normalized spacial score (nSPS) is 10.3. The smallest absolute Gasteiger partial charge is 0.315 e. The van der Waals surface area contributed by atoms with Crippen LogP contribution >= 0.6 is 23.2 Å². The first-order valence-corrected chi connectivity index (χ1v) is 7.49. The highest BCUT2D eigenvalue weighted by Crippen LogP contribution is 2.20. The Kier molecular flexibility index (Phi) is 6.07. The van der Waals surface area contributed by atoms with Gasteiger partial charge in [0.2, 0.25) is 0 Å². The van der Waals surface area contributed by atoms with Gasteiger partial charge in [-0.25, -0.2) is 4.79 Å². The molecule has 0 atom stereocenters. The SMILES string of the molecule is O=C(NCc1ccc(Cl)cc1Cl)NCc1ccccc1CO. The molecule has 0 unspecified atom stereocenters. The molecule has 2 rings (SSSR count). The third-order valence-electron chi connectivity index (χ3n) is 3.18. The number of halogens is 2. The lowest BCUT2D eigenvalue weighted by Crippen LogP contribution is -2.34. The Morgan fingerprint density at radius 3 is 2.23 bits per heavy atom. The molecule has 4 nitrogen and oxygen atoms in total. The van der Waals surface area contributed by atoms with E-state index in [9.17, 15) is 9.90 Å². The molecule has 0 saturated carbocycles. The summed E-state index contributed by atoms with van der Waals surface area (Å²) in [5, 5.41) is 15.8. The topological polar surface area (TPSA) is 61.4 Å². The molecule has 22 heavy (non-hydrogen) atoms. The van der Waals surface area contributed by atoms with E-state index in [1.54, 1.807) is 18.2 Å². The van der Waals surface area contributed by atoms with Crippen LogP contribution in [0.5, 0.6) is 0 Å². The molecule has 0 aromatic heterocycles. The van der Waals surface area contributed by atoms with Crippen molar-refractivity contribution in [3.8, 4) is 0 Å². The van der Waals surface area contributed by atoms with Gasteiger partial charge in [0.15, 0.2) is 0 Å². The number of carbonyl (C=O) groups is 1. The minimum atomic E-state index is -0.307. The molecule has 2 aromatic rings. The van der Waals surface area contributed by atoms with E-state index in [0.29, 0.717) is 23.1 Å². The second-order valence-electron chi connectivity index (χ2n) is 4.70. The zero-order valence-electron chi connectivity index (χ0n) is 11.8. The molecule has 0 aliphatic heterocycles. The molecule has 0 bridgehead atoms. The fourth-order valence-electron chi connectivity index (χ4n) is 1.96. The molecule has 0 spiro atoms. The van der Waals surface area contributed by atoms with Crippen molar-refractivity contribution in [3.05, 3.63) is 69.2 Å². The van der Waals surface area contributed by atoms with Crippen molar-refractivity contribution in [3.63, 3.8) is 0 Å². The van der Waals surface area contributed by atoms with Crippen LogP contribution in [0.3, 0.4) is 0 Å². The molecule has 0 radical (unpaired) electrons. The van der Waals surface area contributed by atoms with Crippen LogP contribution in [0.25, 0.3) is 0 Å². The number of hydrogen-bond acceptors (Lipinski definition) is 2. The minimum absolute atomic E-state index is 0.0557. The van der Waals surface area contributed by atoms with E-state index < -0.39 is 0 Å². The lowest BCUT2D eigenvalue weighted by atomic mass is 10.1. The molecule has 0 aliphatic carbocycles. The Morgan fingerprint density at radius 2 is 1.59 bits per heavy atom. The standard InChI is InChI=1S/C16H16Cl2N2O2/c17-14-6-5-12(15(18)7-14)9-20-16(22)19-8-11-3-1-2-4-13(11)10-21/h1-7,21H,8-10H2,(H2,19,20,22). The van der Waals surface area contributed by atoms with Crippen molar-refractivity contribution < 1.29 is 9.90 Å². The summed E-state index contributed by atoms with van der Waals surface area (Å²) in [4.78, 5) is 11.8. The van der Waals surface area contributed by atoms with Crippen LogP contribution in [0.1, 0.15) is 16.7 Å². The summed E-state index contributed by atoms with van der Waals surface area (Å²) in [6, 6.07) is 12.2. The average molecular weight is 339 g/mol. The van der Waals surface area contributed by atoms with Crippen molar-refractivity contribution in [1.29, 1.82) is 0 Å². The number of benzene rings is 2. The van der Waals surface area contributed by atoms with Gasteiger partial charge < -0.3 is 15.7 Å². The third kappa shape index (κ3) is 4.63. The number of aliphatic hydroxyl groups excluding tert-OH is 1. The van der Waals surface area contributed by atoms with Crippen LogP contribution in [-0.2, 0) is 19.7 Å². The Morgan fingerprint density at radius 1 is 0.955 bits per heavy atom. The van der Waals surface area contributed by atoms with Gasteiger partial charge >= 0.3 is 6.03 Å². The third-order valence-corrected chi connectivity index (χ3v) is 3.77. The van der Waals surface area contributed by atoms with Gasteiger partial charge in [-0.3, -0.25) is 0 Å². The first kappa shape index (κ1) is 16.6. The largest absolute Gasteiger partial charge is 0.392 e. The maximum absolute atomic E-state index is 11.8. The number of urea groups is 1. The molecule has 6 heteroatoms. The van der Waals surface area contributed by atoms with Gasteiger partial charge in [0, 0.05) is 23.1 Å². The van der Waals surface area contributed by atoms with E-state index in [2.05, 4.69) is 10.6 Å². The highest BCUT2D eigenvalue weighted by molar-refractivity contribution is 6.35. The zero-order valence-corrected chi connectivity index (χ0v) is 13.3. The Labute approximate surface area is 139 Å². The predicted molar refractivity (Wildman–Crippen MR) is 87.9 cm³/mol. The Balaban J connectivity index is 1.85. The minimum Gasteiger partial charge on any atom is -0.392 e. The fraction of sp³-hybridized carbons (Fsp3) is 0.188. The molecule has 116 valence electrons. The van der Waals surface area contributed by atoms with Gasteiger partial charge in [0.05, 0.1) is 6.61 Å². The molecular weight excluding hydrogens is 323 g/mol. The molecule has 0 fully saturated rings. The number of rotatable bonds is 5. The van der Waals surface area contributed by atoms with E-state index in [-0.39, 0.29) is 12.6 Å². The highest BCUT2D eigenvalue weighted by atomic mass is 35.5. The lowest BCUT2D eigenvalue weighted by Gasteiger charge is -2.11. The first-order chi connectivity index (χ1) is 10.6. The molecular formula is C16H16Cl2N2O2. The summed E-state index contributed by atoms with van der Waals surface area (Å²) in [7, 11) is 0. The molecule has 3 N–H and O–H groups in total. The molecule has 0 saturated heterocycles. The van der Waals surface area contributed by atoms with Gasteiger partial charge in [0.25, 0.3) is 0 Å². The molecule has 2 aromatic carbocycles. The van der Waals surface area contributed by atoms with Crippen LogP contribution < -0.4 is 10.6 Å². The van der Waals surface area contributed by atoms with Crippen molar-refractivity contribution in [2.24, 2.45) is 0 Å². The van der Waals surface area contributed by atoms with Crippen LogP contribution in [0, 0.1) is 0 Å². The lowest BCUT2D eigenvalue weighted by molar-refractivity contribution is 0.240. The number of nitrogens with one attached hydrogen (secondary N) is 2. The molecule has 2 amide bonds. The molecule has 0 aliphatic rings. The summed E-state index contributed by atoms with van der Waals surface area (Å²) in [6.45, 7) is 0.597. The van der Waals surface area contributed by atoms with Crippen molar-refractivity contribution in [1.82, 2.24) is 10.6 Å². The monoisotopic (exact) mass is 338 g/mol. The number of amides is 2. The van der Waals surface area contributed by atoms with Gasteiger partial charge in [-0.1, -0.05) is 53.5 Å². The maximum Gasteiger partial charge on any atom is 0.315 e. The average Bonchev–Trinajstić information content (AvgIpc) is 2.52. The Hall–Kier alpha value is -1.75. The second kappa shape index (κ2) is 8.03.